The molecule has 3 N–H and O–H groups in total. The lowest BCUT2D eigenvalue weighted by molar-refractivity contribution is 0.154. The number of carbonyl (C=O) groups is 1. The second kappa shape index (κ2) is 7.61. The lowest BCUT2D eigenvalue weighted by Gasteiger charge is -2.18. The molecular weight excluding hydrogens is 280 g/mol. The first-order valence-corrected chi connectivity index (χ1v) is 7.29. The Hall–Kier alpha value is -2.34. The zero-order valence-electron chi connectivity index (χ0n) is 12.9. The molecule has 0 fully saturated rings. The molecular formula is C16H22N4O2. The fraction of sp³-hybridized carbons (Fsp3) is 0.375. The Kier molecular flexibility index (Phi) is 5.55. The molecule has 2 rings (SSSR count). The van der Waals surface area contributed by atoms with Crippen LogP contribution in [-0.2, 0) is 13.6 Å². The first-order valence-electron chi connectivity index (χ1n) is 7.29. The van der Waals surface area contributed by atoms with Crippen LogP contribution < -0.4 is 10.6 Å². The lowest BCUT2D eigenvalue weighted by atomic mass is 10.0. The number of nitrogens with one attached hydrogen (secondary N) is 2. The van der Waals surface area contributed by atoms with E-state index in [-0.39, 0.29) is 12.1 Å². The van der Waals surface area contributed by atoms with Crippen LogP contribution in [0.25, 0.3) is 0 Å². The highest BCUT2D eigenvalue weighted by Gasteiger charge is 2.14. The van der Waals surface area contributed by atoms with E-state index in [2.05, 4.69) is 15.7 Å². The van der Waals surface area contributed by atoms with E-state index >= 15 is 0 Å². The second-order valence-electron chi connectivity index (χ2n) is 5.41. The van der Waals surface area contributed by atoms with Crippen molar-refractivity contribution in [3.05, 3.63) is 53.9 Å². The van der Waals surface area contributed by atoms with Crippen molar-refractivity contribution in [1.29, 1.82) is 0 Å². The van der Waals surface area contributed by atoms with Crippen LogP contribution in [0, 0.1) is 0 Å². The topological polar surface area (TPSA) is 79.2 Å². The van der Waals surface area contributed by atoms with Gasteiger partial charge in [-0.05, 0) is 18.9 Å². The molecule has 0 aliphatic rings. The molecule has 0 radical (unpaired) electrons. The van der Waals surface area contributed by atoms with Crippen LogP contribution >= 0.6 is 0 Å². The number of aliphatic hydroxyl groups is 1. The van der Waals surface area contributed by atoms with Gasteiger partial charge in [-0.1, -0.05) is 30.3 Å². The largest absolute Gasteiger partial charge is 0.388 e. The zero-order chi connectivity index (χ0) is 15.9. The average molecular weight is 302 g/mol. The van der Waals surface area contributed by atoms with Crippen molar-refractivity contribution in [2.45, 2.75) is 32.0 Å². The number of hydrogen-bond donors (Lipinski definition) is 3. The molecule has 1 aromatic carbocycles. The molecule has 22 heavy (non-hydrogen) atoms. The SMILES string of the molecule is CC(CC(O)c1ccccc1)NC(=O)NCc1cnn(C)c1. The van der Waals surface area contributed by atoms with Crippen LogP contribution in [0.2, 0.25) is 0 Å². The number of amides is 2. The maximum atomic E-state index is 11.8. The van der Waals surface area contributed by atoms with Crippen molar-refractivity contribution in [2.75, 3.05) is 0 Å². The highest BCUT2D eigenvalue weighted by atomic mass is 16.3. The quantitative estimate of drug-likeness (QED) is 0.760. The number of nitrogens with zero attached hydrogens (tertiary/aromatic N) is 2. The summed E-state index contributed by atoms with van der Waals surface area (Å²) in [6, 6.07) is 9.04. The predicted octanol–water partition coefficient (Wildman–Crippen LogP) is 1.73. The van der Waals surface area contributed by atoms with Crippen molar-refractivity contribution >= 4 is 6.03 Å². The monoisotopic (exact) mass is 302 g/mol. The van der Waals surface area contributed by atoms with Crippen molar-refractivity contribution in [1.82, 2.24) is 20.4 Å². The molecule has 0 spiro atoms. The van der Waals surface area contributed by atoms with Crippen LogP contribution in [0.3, 0.4) is 0 Å². The molecule has 0 aliphatic carbocycles. The summed E-state index contributed by atoms with van der Waals surface area (Å²) in [5, 5.41) is 19.8. The third-order valence-electron chi connectivity index (χ3n) is 3.35. The van der Waals surface area contributed by atoms with E-state index in [0.717, 1.165) is 11.1 Å². The van der Waals surface area contributed by atoms with Crippen LogP contribution in [0.1, 0.15) is 30.6 Å². The molecule has 2 aromatic rings. The van der Waals surface area contributed by atoms with Gasteiger partial charge in [0.25, 0.3) is 0 Å². The minimum atomic E-state index is -0.588. The van der Waals surface area contributed by atoms with Crippen molar-refractivity contribution < 1.29 is 9.90 Å². The summed E-state index contributed by atoms with van der Waals surface area (Å²) in [4.78, 5) is 11.8. The summed E-state index contributed by atoms with van der Waals surface area (Å²) in [6.45, 7) is 2.30. The lowest BCUT2D eigenvalue weighted by Crippen LogP contribution is -2.41. The summed E-state index contributed by atoms with van der Waals surface area (Å²) in [7, 11) is 1.83. The number of aliphatic hydroxyl groups excluding tert-OH is 1. The number of aromatic nitrogens is 2. The molecule has 2 atom stereocenters. The van der Waals surface area contributed by atoms with Crippen LogP contribution in [0.4, 0.5) is 4.79 Å². The zero-order valence-corrected chi connectivity index (χ0v) is 12.9. The van der Waals surface area contributed by atoms with Crippen LogP contribution in [0.15, 0.2) is 42.7 Å². The predicted molar refractivity (Wildman–Crippen MR) is 84.1 cm³/mol. The molecule has 1 aromatic heterocycles. The van der Waals surface area contributed by atoms with Crippen molar-refractivity contribution in [2.24, 2.45) is 7.05 Å². The molecule has 6 heteroatoms. The third-order valence-corrected chi connectivity index (χ3v) is 3.35. The highest BCUT2D eigenvalue weighted by molar-refractivity contribution is 5.74. The van der Waals surface area contributed by atoms with E-state index in [1.54, 1.807) is 10.9 Å². The summed E-state index contributed by atoms with van der Waals surface area (Å²) in [5.41, 5.74) is 1.79. The van der Waals surface area contributed by atoms with Gasteiger partial charge in [0.05, 0.1) is 12.3 Å². The van der Waals surface area contributed by atoms with E-state index in [1.807, 2.05) is 50.5 Å². The number of rotatable bonds is 6. The van der Waals surface area contributed by atoms with Crippen LogP contribution in [-0.4, -0.2) is 27.0 Å². The molecule has 6 nitrogen and oxygen atoms in total. The first-order chi connectivity index (χ1) is 10.5. The van der Waals surface area contributed by atoms with Gasteiger partial charge in [-0.15, -0.1) is 0 Å². The molecule has 1 heterocycles. The molecule has 2 amide bonds. The Morgan fingerprint density at radius 1 is 1.36 bits per heavy atom. The summed E-state index contributed by atoms with van der Waals surface area (Å²) in [5.74, 6) is 0. The minimum absolute atomic E-state index is 0.135. The number of carbonyl (C=O) groups excluding carboxylic acids is 1. The van der Waals surface area contributed by atoms with Gasteiger partial charge in [0.2, 0.25) is 0 Å². The second-order valence-corrected chi connectivity index (χ2v) is 5.41. The van der Waals surface area contributed by atoms with Crippen LogP contribution in [0.5, 0.6) is 0 Å². The molecule has 0 saturated carbocycles. The maximum absolute atomic E-state index is 11.8. The number of urea groups is 1. The normalized spacial score (nSPS) is 13.4. The average Bonchev–Trinajstić information content (AvgIpc) is 2.91. The van der Waals surface area contributed by atoms with E-state index in [1.165, 1.54) is 0 Å². The van der Waals surface area contributed by atoms with Gasteiger partial charge in [-0.2, -0.15) is 5.10 Å². The summed E-state index contributed by atoms with van der Waals surface area (Å²) in [6.07, 6.45) is 3.44. The Morgan fingerprint density at radius 2 is 2.09 bits per heavy atom. The Balaban J connectivity index is 1.74. The van der Waals surface area contributed by atoms with E-state index < -0.39 is 6.10 Å². The number of benzene rings is 1. The molecule has 2 unspecified atom stereocenters. The molecule has 0 bridgehead atoms. The van der Waals surface area contributed by atoms with Gasteiger partial charge in [0.1, 0.15) is 0 Å². The Bertz CT molecular complexity index is 597. The molecule has 0 aliphatic heterocycles. The van der Waals surface area contributed by atoms with Gasteiger partial charge in [-0.25, -0.2) is 4.79 Å². The Morgan fingerprint density at radius 3 is 2.73 bits per heavy atom. The Labute approximate surface area is 130 Å². The molecule has 0 saturated heterocycles. The summed E-state index contributed by atoms with van der Waals surface area (Å²) >= 11 is 0. The van der Waals surface area contributed by atoms with E-state index in [9.17, 15) is 9.90 Å². The van der Waals surface area contributed by atoms with Gasteiger partial charge >= 0.3 is 6.03 Å². The fourth-order valence-electron chi connectivity index (χ4n) is 2.23. The third kappa shape index (κ3) is 4.89. The van der Waals surface area contributed by atoms with Crippen molar-refractivity contribution in [3.8, 4) is 0 Å². The van der Waals surface area contributed by atoms with Gasteiger partial charge in [-0.3, -0.25) is 4.68 Å². The number of hydrogen-bond acceptors (Lipinski definition) is 3. The van der Waals surface area contributed by atoms with Gasteiger partial charge in [0.15, 0.2) is 0 Å². The minimum Gasteiger partial charge on any atom is -0.388 e. The highest BCUT2D eigenvalue weighted by Crippen LogP contribution is 2.17. The van der Waals surface area contributed by atoms with E-state index in [4.69, 9.17) is 0 Å². The number of aryl methyl sites for hydroxylation is 1. The summed E-state index contributed by atoms with van der Waals surface area (Å²) < 4.78 is 1.69. The van der Waals surface area contributed by atoms with Crippen molar-refractivity contribution in [3.63, 3.8) is 0 Å². The molecule has 118 valence electrons. The maximum Gasteiger partial charge on any atom is 0.315 e. The van der Waals surface area contributed by atoms with E-state index in [0.29, 0.717) is 13.0 Å². The van der Waals surface area contributed by atoms with Gasteiger partial charge in [0, 0.05) is 31.4 Å². The first kappa shape index (κ1) is 16.0. The fourth-order valence-corrected chi connectivity index (χ4v) is 2.23. The standard InChI is InChI=1S/C16H22N4O2/c1-12(8-15(21)14-6-4-3-5-7-14)19-16(22)17-9-13-10-18-20(2)11-13/h3-7,10-12,15,21H,8-9H2,1-2H3,(H2,17,19,22). The smallest absolute Gasteiger partial charge is 0.315 e. The van der Waals surface area contributed by atoms with Gasteiger partial charge < -0.3 is 15.7 Å².